The van der Waals surface area contributed by atoms with Crippen molar-refractivity contribution >= 4 is 33.3 Å². The quantitative estimate of drug-likeness (QED) is 0.609. The zero-order valence-electron chi connectivity index (χ0n) is 18.3. The number of carbonyl (C=O) groups is 2. The molecule has 0 N–H and O–H groups in total. The Morgan fingerprint density at radius 1 is 0.933 bits per heavy atom. The molecule has 1 saturated heterocycles. The van der Waals surface area contributed by atoms with Crippen LogP contribution in [0.15, 0.2) is 0 Å². The topological polar surface area (TPSA) is 74.8 Å². The molecule has 4 aliphatic rings. The second-order valence-corrected chi connectivity index (χ2v) is 13.2. The van der Waals surface area contributed by atoms with Crippen LogP contribution in [0.4, 0.5) is 0 Å². The smallest absolute Gasteiger partial charge is 0.226 e. The minimum absolute atomic E-state index is 0.0412. The molecule has 30 heavy (non-hydrogen) atoms. The van der Waals surface area contributed by atoms with Gasteiger partial charge in [-0.05, 0) is 70.1 Å². The van der Waals surface area contributed by atoms with Crippen LogP contribution in [0.2, 0.25) is 0 Å². The number of sulfone groups is 1. The van der Waals surface area contributed by atoms with Crippen LogP contribution < -0.4 is 0 Å². The summed E-state index contributed by atoms with van der Waals surface area (Å²) in [4.78, 5) is 29.6. The van der Waals surface area contributed by atoms with Gasteiger partial charge in [0.05, 0.1) is 17.3 Å². The average molecular weight is 459 g/mol. The fourth-order valence-corrected chi connectivity index (χ4v) is 8.15. The summed E-state index contributed by atoms with van der Waals surface area (Å²) in [5, 5.41) is -0.466. The highest BCUT2D eigenvalue weighted by Gasteiger charge is 2.50. The van der Waals surface area contributed by atoms with Crippen LogP contribution in [0.3, 0.4) is 0 Å². The van der Waals surface area contributed by atoms with Crippen LogP contribution in [-0.4, -0.2) is 71.6 Å². The van der Waals surface area contributed by atoms with Crippen molar-refractivity contribution in [1.82, 2.24) is 9.80 Å². The molecule has 2 amide bonds. The summed E-state index contributed by atoms with van der Waals surface area (Å²) < 4.78 is 24.4. The lowest BCUT2D eigenvalue weighted by molar-refractivity contribution is -0.155. The molecule has 0 bridgehead atoms. The second kappa shape index (κ2) is 8.27. The number of hydrogen-bond acceptors (Lipinski definition) is 4. The molecule has 8 heteroatoms. The molecule has 6 unspecified atom stereocenters. The first kappa shape index (κ1) is 22.4. The van der Waals surface area contributed by atoms with Crippen molar-refractivity contribution in [2.45, 2.75) is 94.0 Å². The van der Waals surface area contributed by atoms with Crippen molar-refractivity contribution in [3.05, 3.63) is 0 Å². The van der Waals surface area contributed by atoms with E-state index in [0.29, 0.717) is 25.3 Å². The number of halogens is 1. The van der Waals surface area contributed by atoms with E-state index >= 15 is 0 Å². The van der Waals surface area contributed by atoms with Crippen molar-refractivity contribution < 1.29 is 18.0 Å². The van der Waals surface area contributed by atoms with Gasteiger partial charge in [-0.15, -0.1) is 11.6 Å². The van der Waals surface area contributed by atoms with E-state index < -0.39 is 9.84 Å². The Balaban J connectivity index is 1.55. The number of piperazine rings is 1. The molecule has 3 aliphatic carbocycles. The standard InChI is InChI=1S/C22H35ClN2O4S/c1-13-12-24(22(27)15-4-5-15)21-10-16(6-7-20(21)25(13)14(2)26)17-8-18(23)11-19(9-17)30(3,28)29/h13,15-21H,4-12H2,1-3H3/t13-,16?,17?,18?,19?,20?,21?/m0/s1. The van der Waals surface area contributed by atoms with Crippen LogP contribution >= 0.6 is 11.6 Å². The first-order valence-corrected chi connectivity index (χ1v) is 13.9. The fourth-order valence-electron chi connectivity index (χ4n) is 6.42. The van der Waals surface area contributed by atoms with Gasteiger partial charge < -0.3 is 9.80 Å². The summed E-state index contributed by atoms with van der Waals surface area (Å²) in [6, 6.07) is 0.162. The van der Waals surface area contributed by atoms with Crippen molar-refractivity contribution in [1.29, 1.82) is 0 Å². The molecule has 7 atom stereocenters. The molecule has 170 valence electrons. The molecular weight excluding hydrogens is 424 g/mol. The normalized spacial score (nSPS) is 40.1. The van der Waals surface area contributed by atoms with Gasteiger partial charge >= 0.3 is 0 Å². The van der Waals surface area contributed by atoms with Gasteiger partial charge in [0.2, 0.25) is 11.8 Å². The molecule has 0 aromatic carbocycles. The summed E-state index contributed by atoms with van der Waals surface area (Å²) in [5.41, 5.74) is 0. The number of carbonyl (C=O) groups excluding carboxylic acids is 2. The third kappa shape index (κ3) is 4.38. The summed E-state index contributed by atoms with van der Waals surface area (Å²) in [7, 11) is -3.11. The molecule has 6 nitrogen and oxygen atoms in total. The van der Waals surface area contributed by atoms with Crippen LogP contribution in [0.1, 0.15) is 65.2 Å². The number of nitrogens with zero attached hydrogens (tertiary/aromatic N) is 2. The maximum absolute atomic E-state index is 13.1. The molecule has 0 aromatic heterocycles. The molecule has 1 aliphatic heterocycles. The maximum atomic E-state index is 13.1. The Kier molecular flexibility index (Phi) is 6.17. The predicted molar refractivity (Wildman–Crippen MR) is 117 cm³/mol. The minimum atomic E-state index is -3.11. The molecule has 1 heterocycles. The maximum Gasteiger partial charge on any atom is 0.226 e. The Hall–Kier alpha value is -0.820. The van der Waals surface area contributed by atoms with E-state index in [9.17, 15) is 18.0 Å². The first-order valence-electron chi connectivity index (χ1n) is 11.5. The lowest BCUT2D eigenvalue weighted by Gasteiger charge is -2.55. The number of fused-ring (bicyclic) bond motifs is 1. The Bertz CT molecular complexity index is 799. The lowest BCUT2D eigenvalue weighted by Crippen LogP contribution is -2.67. The van der Waals surface area contributed by atoms with E-state index in [1.807, 2.05) is 11.8 Å². The second-order valence-electron chi connectivity index (χ2n) is 10.3. The highest BCUT2D eigenvalue weighted by atomic mass is 35.5. The van der Waals surface area contributed by atoms with Crippen molar-refractivity contribution in [2.24, 2.45) is 17.8 Å². The molecule has 0 aromatic rings. The van der Waals surface area contributed by atoms with Crippen LogP contribution in [-0.2, 0) is 19.4 Å². The van der Waals surface area contributed by atoms with Crippen LogP contribution in [0.25, 0.3) is 0 Å². The third-order valence-electron chi connectivity index (χ3n) is 8.00. The molecule has 4 rings (SSSR count). The number of rotatable bonds is 3. The van der Waals surface area contributed by atoms with E-state index in [2.05, 4.69) is 4.90 Å². The van der Waals surface area contributed by atoms with Gasteiger partial charge in [0, 0.05) is 37.1 Å². The van der Waals surface area contributed by atoms with Gasteiger partial charge in [-0.3, -0.25) is 9.59 Å². The van der Waals surface area contributed by atoms with Crippen LogP contribution in [0, 0.1) is 17.8 Å². The lowest BCUT2D eigenvalue weighted by atomic mass is 9.69. The van der Waals surface area contributed by atoms with E-state index in [-0.39, 0.29) is 52.4 Å². The molecular formula is C22H35ClN2O4S. The van der Waals surface area contributed by atoms with E-state index in [0.717, 1.165) is 38.5 Å². The third-order valence-corrected chi connectivity index (χ3v) is 9.96. The fraction of sp³-hybridized carbons (Fsp3) is 0.909. The minimum Gasteiger partial charge on any atom is -0.335 e. The summed E-state index contributed by atoms with van der Waals surface area (Å²) >= 11 is 6.50. The highest BCUT2D eigenvalue weighted by molar-refractivity contribution is 7.91. The summed E-state index contributed by atoms with van der Waals surface area (Å²) in [6.07, 6.45) is 8.04. The molecule has 4 fully saturated rings. The number of amides is 2. The van der Waals surface area contributed by atoms with E-state index in [1.165, 1.54) is 6.26 Å². The largest absolute Gasteiger partial charge is 0.335 e. The summed E-state index contributed by atoms with van der Waals surface area (Å²) in [5.74, 6) is 1.14. The number of alkyl halides is 1. The zero-order chi connectivity index (χ0) is 21.8. The van der Waals surface area contributed by atoms with E-state index in [4.69, 9.17) is 11.6 Å². The number of hydrogen-bond donors (Lipinski definition) is 0. The van der Waals surface area contributed by atoms with Gasteiger partial charge in [0.15, 0.2) is 0 Å². The monoisotopic (exact) mass is 458 g/mol. The predicted octanol–water partition coefficient (Wildman–Crippen LogP) is 2.83. The molecule has 0 radical (unpaired) electrons. The Morgan fingerprint density at radius 3 is 2.23 bits per heavy atom. The zero-order valence-corrected chi connectivity index (χ0v) is 19.9. The van der Waals surface area contributed by atoms with E-state index in [1.54, 1.807) is 6.92 Å². The highest BCUT2D eigenvalue weighted by Crippen LogP contribution is 2.45. The van der Waals surface area contributed by atoms with Gasteiger partial charge in [0.1, 0.15) is 9.84 Å². The van der Waals surface area contributed by atoms with Crippen LogP contribution in [0.5, 0.6) is 0 Å². The van der Waals surface area contributed by atoms with Crippen molar-refractivity contribution in [2.75, 3.05) is 12.8 Å². The summed E-state index contributed by atoms with van der Waals surface area (Å²) in [6.45, 7) is 4.29. The van der Waals surface area contributed by atoms with Gasteiger partial charge in [-0.1, -0.05) is 0 Å². The average Bonchev–Trinajstić information content (AvgIpc) is 3.50. The molecule has 0 spiro atoms. The van der Waals surface area contributed by atoms with Gasteiger partial charge in [0.25, 0.3) is 0 Å². The first-order chi connectivity index (χ1) is 14.1. The van der Waals surface area contributed by atoms with Crippen molar-refractivity contribution in [3.63, 3.8) is 0 Å². The Morgan fingerprint density at radius 2 is 1.63 bits per heavy atom. The van der Waals surface area contributed by atoms with Gasteiger partial charge in [-0.25, -0.2) is 8.42 Å². The van der Waals surface area contributed by atoms with Crippen molar-refractivity contribution in [3.8, 4) is 0 Å². The SMILES string of the molecule is CC(=O)N1C2CCC(C3CC(Cl)CC(S(C)(=O)=O)C3)CC2N(C(=O)C2CC2)C[C@@H]1C. The molecule has 3 saturated carbocycles. The van der Waals surface area contributed by atoms with Gasteiger partial charge in [-0.2, -0.15) is 0 Å². The Labute approximate surface area is 185 Å².